The maximum absolute atomic E-state index is 13.2. The Morgan fingerprint density at radius 1 is 1.11 bits per heavy atom. The molecule has 0 atom stereocenters. The van der Waals surface area contributed by atoms with E-state index in [9.17, 15) is 4.39 Å². The molecule has 4 heteroatoms. The minimum atomic E-state index is -0.453. The van der Waals surface area contributed by atoms with Gasteiger partial charge in [0.15, 0.2) is 0 Å². The smallest absolute Gasteiger partial charge is 0.214 e. The van der Waals surface area contributed by atoms with Crippen LogP contribution in [0.15, 0.2) is 42.5 Å². The van der Waals surface area contributed by atoms with E-state index in [4.69, 9.17) is 4.74 Å². The molecule has 0 spiro atoms. The fourth-order valence-corrected chi connectivity index (χ4v) is 2.09. The molecule has 0 unspecified atom stereocenters. The molecule has 18 heavy (non-hydrogen) atoms. The first-order valence-electron chi connectivity index (χ1n) is 5.91. The number of hydrogen-bond donors (Lipinski definition) is 0. The molecule has 1 aliphatic rings. The number of pyridine rings is 1. The third kappa shape index (κ3) is 2.14. The molecule has 0 radical (unpaired) electrons. The molecule has 0 aliphatic carbocycles. The number of fused-ring (bicyclic) bond motifs is 1. The second kappa shape index (κ2) is 4.64. The zero-order valence-corrected chi connectivity index (χ0v) is 9.84. The third-order valence-corrected chi connectivity index (χ3v) is 2.98. The van der Waals surface area contributed by atoms with E-state index >= 15 is 0 Å². The predicted octanol–water partition coefficient (Wildman–Crippen LogP) is 2.62. The second-order valence-corrected chi connectivity index (χ2v) is 4.20. The van der Waals surface area contributed by atoms with E-state index in [0.717, 1.165) is 11.3 Å². The highest BCUT2D eigenvalue weighted by Crippen LogP contribution is 2.24. The van der Waals surface area contributed by atoms with E-state index in [1.165, 1.54) is 6.07 Å². The lowest BCUT2D eigenvalue weighted by Gasteiger charge is -2.20. The zero-order chi connectivity index (χ0) is 12.4. The van der Waals surface area contributed by atoms with Crippen molar-refractivity contribution in [2.24, 2.45) is 0 Å². The van der Waals surface area contributed by atoms with Crippen LogP contribution in [0.5, 0.6) is 5.75 Å². The van der Waals surface area contributed by atoms with Crippen LogP contribution in [-0.4, -0.2) is 18.1 Å². The van der Waals surface area contributed by atoms with Crippen LogP contribution in [0.25, 0.3) is 0 Å². The molecule has 1 aromatic carbocycles. The highest BCUT2D eigenvalue weighted by atomic mass is 19.1. The average molecular weight is 244 g/mol. The third-order valence-electron chi connectivity index (χ3n) is 2.98. The summed E-state index contributed by atoms with van der Waals surface area (Å²) in [5.41, 5.74) is 1.10. The quantitative estimate of drug-likeness (QED) is 0.721. The summed E-state index contributed by atoms with van der Waals surface area (Å²) >= 11 is 0. The van der Waals surface area contributed by atoms with Gasteiger partial charge in [-0.25, -0.2) is 4.98 Å². The molecule has 1 aromatic heterocycles. The molecule has 2 heterocycles. The van der Waals surface area contributed by atoms with Gasteiger partial charge in [0.2, 0.25) is 5.95 Å². The SMILES string of the molecule is Fc1cccc(N2CCOc3ccccc3C2)n1. The Hall–Kier alpha value is -2.10. The molecular formula is C14H13FN2O. The molecule has 0 fully saturated rings. The van der Waals surface area contributed by atoms with Crippen LogP contribution >= 0.6 is 0 Å². The number of para-hydroxylation sites is 1. The van der Waals surface area contributed by atoms with Crippen molar-refractivity contribution >= 4 is 5.82 Å². The Morgan fingerprint density at radius 3 is 2.89 bits per heavy atom. The van der Waals surface area contributed by atoms with Gasteiger partial charge < -0.3 is 9.64 Å². The van der Waals surface area contributed by atoms with E-state index < -0.39 is 5.95 Å². The van der Waals surface area contributed by atoms with Crippen molar-refractivity contribution in [1.29, 1.82) is 0 Å². The van der Waals surface area contributed by atoms with Gasteiger partial charge >= 0.3 is 0 Å². The number of nitrogens with zero attached hydrogens (tertiary/aromatic N) is 2. The van der Waals surface area contributed by atoms with Gasteiger partial charge in [0.25, 0.3) is 0 Å². The van der Waals surface area contributed by atoms with Gasteiger partial charge in [0, 0.05) is 12.1 Å². The maximum atomic E-state index is 13.2. The number of benzene rings is 1. The minimum absolute atomic E-state index is 0.453. The molecule has 1 aliphatic heterocycles. The van der Waals surface area contributed by atoms with E-state index in [2.05, 4.69) is 4.98 Å². The van der Waals surface area contributed by atoms with Gasteiger partial charge in [0.05, 0.1) is 6.54 Å². The fourth-order valence-electron chi connectivity index (χ4n) is 2.09. The summed E-state index contributed by atoms with van der Waals surface area (Å²) in [4.78, 5) is 5.94. The number of aromatic nitrogens is 1. The fraction of sp³-hybridized carbons (Fsp3) is 0.214. The van der Waals surface area contributed by atoms with Gasteiger partial charge in [-0.15, -0.1) is 0 Å². The topological polar surface area (TPSA) is 25.4 Å². The molecular weight excluding hydrogens is 231 g/mol. The van der Waals surface area contributed by atoms with Crippen LogP contribution in [-0.2, 0) is 6.54 Å². The van der Waals surface area contributed by atoms with Crippen molar-refractivity contribution in [2.45, 2.75) is 6.54 Å². The Balaban J connectivity index is 1.91. The molecule has 0 saturated carbocycles. The van der Waals surface area contributed by atoms with E-state index in [-0.39, 0.29) is 0 Å². The van der Waals surface area contributed by atoms with Crippen molar-refractivity contribution in [1.82, 2.24) is 4.98 Å². The summed E-state index contributed by atoms with van der Waals surface area (Å²) < 4.78 is 18.8. The van der Waals surface area contributed by atoms with Crippen LogP contribution in [0.2, 0.25) is 0 Å². The van der Waals surface area contributed by atoms with Crippen LogP contribution in [0, 0.1) is 5.95 Å². The number of hydrogen-bond acceptors (Lipinski definition) is 3. The lowest BCUT2D eigenvalue weighted by molar-refractivity contribution is 0.331. The summed E-state index contributed by atoms with van der Waals surface area (Å²) in [6.07, 6.45) is 0. The minimum Gasteiger partial charge on any atom is -0.491 e. The van der Waals surface area contributed by atoms with Crippen molar-refractivity contribution < 1.29 is 9.13 Å². The monoisotopic (exact) mass is 244 g/mol. The average Bonchev–Trinajstić information content (AvgIpc) is 2.60. The van der Waals surface area contributed by atoms with Crippen molar-refractivity contribution in [3.63, 3.8) is 0 Å². The van der Waals surface area contributed by atoms with Gasteiger partial charge in [-0.05, 0) is 18.2 Å². The lowest BCUT2D eigenvalue weighted by Crippen LogP contribution is -2.26. The summed E-state index contributed by atoms with van der Waals surface area (Å²) in [7, 11) is 0. The largest absolute Gasteiger partial charge is 0.491 e. The Labute approximate surface area is 105 Å². The van der Waals surface area contributed by atoms with E-state index in [0.29, 0.717) is 25.5 Å². The van der Waals surface area contributed by atoms with Crippen LogP contribution in [0.4, 0.5) is 10.2 Å². The van der Waals surface area contributed by atoms with Crippen LogP contribution in [0.3, 0.4) is 0 Å². The highest BCUT2D eigenvalue weighted by molar-refractivity contribution is 5.43. The van der Waals surface area contributed by atoms with Gasteiger partial charge in [-0.2, -0.15) is 4.39 Å². The molecule has 92 valence electrons. The second-order valence-electron chi connectivity index (χ2n) is 4.20. The molecule has 0 saturated heterocycles. The van der Waals surface area contributed by atoms with Gasteiger partial charge in [-0.3, -0.25) is 0 Å². The molecule has 0 N–H and O–H groups in total. The summed E-state index contributed by atoms with van der Waals surface area (Å²) in [5, 5.41) is 0. The van der Waals surface area contributed by atoms with E-state index in [1.807, 2.05) is 35.2 Å². The molecule has 0 bridgehead atoms. The Kier molecular flexibility index (Phi) is 2.84. The standard InChI is InChI=1S/C14H13FN2O/c15-13-6-3-7-14(16-13)17-8-9-18-12-5-2-1-4-11(12)10-17/h1-7H,8-10H2. The first-order valence-corrected chi connectivity index (χ1v) is 5.91. The first kappa shape index (κ1) is 11.0. The maximum Gasteiger partial charge on any atom is 0.214 e. The zero-order valence-electron chi connectivity index (χ0n) is 9.84. The molecule has 2 aromatic rings. The first-order chi connectivity index (χ1) is 8.83. The predicted molar refractivity (Wildman–Crippen MR) is 67.2 cm³/mol. The molecule has 3 nitrogen and oxygen atoms in total. The number of ether oxygens (including phenoxy) is 1. The van der Waals surface area contributed by atoms with Gasteiger partial charge in [-0.1, -0.05) is 24.3 Å². The number of rotatable bonds is 1. The van der Waals surface area contributed by atoms with Crippen molar-refractivity contribution in [2.75, 3.05) is 18.1 Å². The highest BCUT2D eigenvalue weighted by Gasteiger charge is 2.16. The summed E-state index contributed by atoms with van der Waals surface area (Å²) in [5.74, 6) is 1.10. The normalized spacial score (nSPS) is 14.6. The Morgan fingerprint density at radius 2 is 2.00 bits per heavy atom. The van der Waals surface area contributed by atoms with Crippen LogP contribution < -0.4 is 9.64 Å². The number of anilines is 1. The van der Waals surface area contributed by atoms with Crippen molar-refractivity contribution in [3.05, 3.63) is 54.0 Å². The van der Waals surface area contributed by atoms with Gasteiger partial charge in [0.1, 0.15) is 18.2 Å². The lowest BCUT2D eigenvalue weighted by atomic mass is 10.2. The summed E-state index contributed by atoms with van der Waals surface area (Å²) in [6, 6.07) is 12.8. The molecule has 3 rings (SSSR count). The molecule has 0 amide bonds. The number of halogens is 1. The van der Waals surface area contributed by atoms with Crippen LogP contribution in [0.1, 0.15) is 5.56 Å². The summed E-state index contributed by atoms with van der Waals surface area (Å²) in [6.45, 7) is 1.97. The van der Waals surface area contributed by atoms with Crippen molar-refractivity contribution in [3.8, 4) is 5.75 Å². The van der Waals surface area contributed by atoms with E-state index in [1.54, 1.807) is 6.07 Å². The Bertz CT molecular complexity index is 559.